The Morgan fingerprint density at radius 1 is 1.08 bits per heavy atom. The van der Waals surface area contributed by atoms with Crippen LogP contribution >= 0.6 is 0 Å². The van der Waals surface area contributed by atoms with E-state index in [1.54, 1.807) is 20.8 Å². The second kappa shape index (κ2) is 7.74. The van der Waals surface area contributed by atoms with Crippen molar-refractivity contribution >= 4 is 35.3 Å². The summed E-state index contributed by atoms with van der Waals surface area (Å²) < 4.78 is 16.2. The van der Waals surface area contributed by atoms with E-state index in [2.05, 4.69) is 6.58 Å². The second-order valence-electron chi connectivity index (χ2n) is 11.7. The van der Waals surface area contributed by atoms with Crippen LogP contribution in [-0.2, 0) is 43.0 Å². The van der Waals surface area contributed by atoms with E-state index in [9.17, 15) is 33.9 Å². The smallest absolute Gasteiger partial charge is 0.322 e. The molecule has 3 aliphatic carbocycles. The molecule has 0 unspecified atom stereocenters. The number of aliphatic hydroxyl groups is 1. The molecule has 0 aromatic rings. The lowest BCUT2D eigenvalue weighted by atomic mass is 9.32. The Labute approximate surface area is 220 Å². The molecule has 1 heterocycles. The van der Waals surface area contributed by atoms with Gasteiger partial charge in [-0.2, -0.15) is 0 Å². The molecule has 4 rings (SSSR count). The Morgan fingerprint density at radius 3 is 2.18 bits per heavy atom. The third-order valence-electron chi connectivity index (χ3n) is 9.59. The van der Waals surface area contributed by atoms with E-state index < -0.39 is 80.4 Å². The Balaban J connectivity index is 2.28. The summed E-state index contributed by atoms with van der Waals surface area (Å²) in [5, 5.41) is 11.5. The number of ether oxygens (including phenoxy) is 3. The average Bonchev–Trinajstić information content (AvgIpc) is 2.82. The van der Waals surface area contributed by atoms with Crippen LogP contribution in [0.1, 0.15) is 48.5 Å². The van der Waals surface area contributed by atoms with Crippen LogP contribution in [0.2, 0.25) is 0 Å². The summed E-state index contributed by atoms with van der Waals surface area (Å²) in [6.45, 7) is 13.7. The number of cyclic esters (lactones) is 1. The number of fused-ring (bicyclic) bond motifs is 5. The van der Waals surface area contributed by atoms with Crippen LogP contribution in [-0.4, -0.2) is 59.7 Å². The summed E-state index contributed by atoms with van der Waals surface area (Å²) in [4.78, 5) is 81.6. The average molecular weight is 529 g/mol. The minimum Gasteiger partial charge on any atom is -0.504 e. The van der Waals surface area contributed by atoms with Crippen molar-refractivity contribution in [3.05, 3.63) is 35.6 Å². The Bertz CT molecular complexity index is 1320. The standard InChI is InChI=1S/C28H32O10/c1-12-17(38-14(3)29)19-25(6)11-10-15(30)24(4,5)18(25)16(31)21(33)27(19,8)28(23(35)36-9)20(32)13(2)37-22(34)26(12,28)7/h10-11,13,17,19,31H,1H2,2-9H3/t13-,17-,19+,25-,26+,27-,28+/m1/s1. The maximum absolute atomic E-state index is 14.5. The van der Waals surface area contributed by atoms with Crippen LogP contribution in [0, 0.1) is 33.0 Å². The lowest BCUT2D eigenvalue weighted by molar-refractivity contribution is -0.233. The van der Waals surface area contributed by atoms with E-state index in [-0.39, 0.29) is 16.9 Å². The van der Waals surface area contributed by atoms with Gasteiger partial charge in [0.1, 0.15) is 11.5 Å². The molecule has 0 aromatic heterocycles. The molecule has 0 aromatic carbocycles. The first-order valence-corrected chi connectivity index (χ1v) is 12.3. The summed E-state index contributed by atoms with van der Waals surface area (Å²) in [5.74, 6) is -7.40. The zero-order chi connectivity index (χ0) is 29.0. The van der Waals surface area contributed by atoms with Gasteiger partial charge in [0.05, 0.1) is 17.9 Å². The van der Waals surface area contributed by atoms with Crippen LogP contribution in [0.4, 0.5) is 0 Å². The number of ketones is 3. The predicted molar refractivity (Wildman–Crippen MR) is 130 cm³/mol. The fourth-order valence-electron chi connectivity index (χ4n) is 7.93. The first kappa shape index (κ1) is 27.5. The molecule has 10 heteroatoms. The molecule has 204 valence electrons. The molecule has 1 saturated heterocycles. The van der Waals surface area contributed by atoms with Crippen molar-refractivity contribution in [3.63, 3.8) is 0 Å². The summed E-state index contributed by atoms with van der Waals surface area (Å²) >= 11 is 0. The first-order valence-electron chi connectivity index (χ1n) is 12.3. The van der Waals surface area contributed by atoms with Gasteiger partial charge < -0.3 is 19.3 Å². The van der Waals surface area contributed by atoms with E-state index in [1.807, 2.05) is 0 Å². The number of hydrogen-bond acceptors (Lipinski definition) is 10. The molecule has 4 aliphatic rings. The van der Waals surface area contributed by atoms with Crippen molar-refractivity contribution < 1.29 is 48.1 Å². The van der Waals surface area contributed by atoms with Crippen LogP contribution in [0.15, 0.2) is 35.6 Å². The molecule has 1 aliphatic heterocycles. The minimum absolute atomic E-state index is 0.0532. The number of hydrogen-bond donors (Lipinski definition) is 1. The fraction of sp³-hybridized carbons (Fsp3) is 0.571. The summed E-state index contributed by atoms with van der Waals surface area (Å²) in [5.41, 5.74) is -9.86. The van der Waals surface area contributed by atoms with Crippen LogP contribution in [0.25, 0.3) is 0 Å². The van der Waals surface area contributed by atoms with Crippen molar-refractivity contribution in [2.45, 2.75) is 60.7 Å². The highest BCUT2D eigenvalue weighted by molar-refractivity contribution is 6.20. The Morgan fingerprint density at radius 2 is 1.66 bits per heavy atom. The minimum atomic E-state index is -2.55. The lowest BCUT2D eigenvalue weighted by Gasteiger charge is -2.68. The molecular formula is C28H32O10. The number of carbonyl (C=O) groups is 6. The maximum Gasteiger partial charge on any atom is 0.322 e. The molecule has 1 saturated carbocycles. The van der Waals surface area contributed by atoms with E-state index in [4.69, 9.17) is 14.2 Å². The topological polar surface area (TPSA) is 150 Å². The molecular weight excluding hydrogens is 496 g/mol. The van der Waals surface area contributed by atoms with Crippen molar-refractivity contribution in [1.82, 2.24) is 0 Å². The van der Waals surface area contributed by atoms with Gasteiger partial charge in [-0.1, -0.05) is 26.5 Å². The van der Waals surface area contributed by atoms with Gasteiger partial charge in [0.2, 0.25) is 5.78 Å². The number of aliphatic hydroxyl groups excluding tert-OH is 1. The highest BCUT2D eigenvalue weighted by atomic mass is 16.6. The normalized spacial score (nSPS) is 41.6. The molecule has 0 radical (unpaired) electrons. The highest BCUT2D eigenvalue weighted by Gasteiger charge is 2.86. The zero-order valence-corrected chi connectivity index (χ0v) is 22.7. The quantitative estimate of drug-likeness (QED) is 0.245. The van der Waals surface area contributed by atoms with Crippen molar-refractivity contribution in [3.8, 4) is 0 Å². The van der Waals surface area contributed by atoms with E-state index in [0.717, 1.165) is 14.0 Å². The number of esters is 3. The van der Waals surface area contributed by atoms with Gasteiger partial charge in [-0.3, -0.25) is 28.8 Å². The van der Waals surface area contributed by atoms with Gasteiger partial charge in [0, 0.05) is 18.3 Å². The SMILES string of the molecule is C=C1[C@@H](OC(C)=O)[C@@H]2[C@](C)(C(=O)C(O)=C3C(C)(C)C(=O)C=C[C@]32C)[C@]2(C(=O)OC)C(=O)[C@@H](C)OC(=O)[C@]12C. The predicted octanol–water partition coefficient (Wildman–Crippen LogP) is 2.36. The number of allylic oxidation sites excluding steroid dienone is 4. The van der Waals surface area contributed by atoms with Crippen LogP contribution in [0.3, 0.4) is 0 Å². The molecule has 2 fully saturated rings. The van der Waals surface area contributed by atoms with Gasteiger partial charge in [-0.15, -0.1) is 0 Å². The summed E-state index contributed by atoms with van der Waals surface area (Å²) in [6.07, 6.45) is -0.0646. The fourth-order valence-corrected chi connectivity index (χ4v) is 7.93. The molecule has 7 atom stereocenters. The molecule has 0 amide bonds. The van der Waals surface area contributed by atoms with Gasteiger partial charge >= 0.3 is 17.9 Å². The highest BCUT2D eigenvalue weighted by Crippen LogP contribution is 2.74. The Kier molecular flexibility index (Phi) is 5.59. The van der Waals surface area contributed by atoms with Gasteiger partial charge in [-0.05, 0) is 44.9 Å². The lowest BCUT2D eigenvalue weighted by Crippen LogP contribution is -2.80. The summed E-state index contributed by atoms with van der Waals surface area (Å²) in [7, 11) is 1.02. The number of Topliss-reactive ketones (excluding diaryl/α,β-unsaturated/α-hetero) is 2. The van der Waals surface area contributed by atoms with Crippen molar-refractivity contribution in [2.75, 3.05) is 7.11 Å². The largest absolute Gasteiger partial charge is 0.504 e. The van der Waals surface area contributed by atoms with E-state index >= 15 is 0 Å². The van der Waals surface area contributed by atoms with E-state index in [1.165, 1.54) is 32.9 Å². The van der Waals surface area contributed by atoms with E-state index in [0.29, 0.717) is 0 Å². The van der Waals surface area contributed by atoms with Crippen molar-refractivity contribution in [2.24, 2.45) is 33.0 Å². The monoisotopic (exact) mass is 528 g/mol. The van der Waals surface area contributed by atoms with Crippen LogP contribution < -0.4 is 0 Å². The third-order valence-corrected chi connectivity index (χ3v) is 9.59. The Hall–Kier alpha value is -3.56. The van der Waals surface area contributed by atoms with Gasteiger partial charge in [-0.25, -0.2) is 0 Å². The van der Waals surface area contributed by atoms with Gasteiger partial charge in [0.15, 0.2) is 28.8 Å². The van der Waals surface area contributed by atoms with Crippen molar-refractivity contribution in [1.29, 1.82) is 0 Å². The number of rotatable bonds is 2. The molecule has 10 nitrogen and oxygen atoms in total. The zero-order valence-electron chi connectivity index (χ0n) is 22.7. The molecule has 1 N–H and O–H groups in total. The molecule has 0 spiro atoms. The first-order chi connectivity index (χ1) is 17.3. The molecule has 38 heavy (non-hydrogen) atoms. The van der Waals surface area contributed by atoms with Gasteiger partial charge in [0.25, 0.3) is 0 Å². The number of carbonyl (C=O) groups excluding carboxylic acids is 6. The molecule has 0 bridgehead atoms. The number of methoxy groups -OCH3 is 1. The summed E-state index contributed by atoms with van der Waals surface area (Å²) in [6, 6.07) is 0. The second-order valence-corrected chi connectivity index (χ2v) is 11.7. The van der Waals surface area contributed by atoms with Crippen LogP contribution in [0.5, 0.6) is 0 Å². The third kappa shape index (κ3) is 2.63. The maximum atomic E-state index is 14.5.